The Labute approximate surface area is 369 Å². The molecule has 0 radical (unpaired) electrons. The van der Waals surface area contributed by atoms with Crippen LogP contribution < -0.4 is 41.6 Å². The fraction of sp³-hybridized carbons (Fsp3) is 0.128. The number of nitrogens with two attached hydrogens (primary N) is 1. The lowest BCUT2D eigenvalue weighted by Gasteiger charge is -2.22. The van der Waals surface area contributed by atoms with Crippen LogP contribution in [-0.4, -0.2) is 65.3 Å². The number of carboxylic acids is 1. The number of thioether (sulfide) groups is 1. The minimum atomic E-state index is -1.19. The number of amides is 3. The molecule has 322 valence electrons. The molecule has 0 spiro atoms. The van der Waals surface area contributed by atoms with E-state index in [1.165, 1.54) is 36.3 Å². The Hall–Kier alpha value is -8.18. The number of phenols is 1. The van der Waals surface area contributed by atoms with Gasteiger partial charge in [-0.05, 0) is 69.9 Å². The lowest BCUT2D eigenvalue weighted by atomic mass is 9.89. The van der Waals surface area contributed by atoms with Crippen molar-refractivity contribution >= 4 is 70.4 Å². The SMILES string of the molecule is C=c1ccc2c(c1)Oc1cc(O)ccc1C=2c1ccc(NC(=O)CSCCC(=O)NCc2ccc(C(=O)NCc3ccc(COc4nc(N)nc5nc[nH]c45)cc3)cc2)cc1C(=O)O. The van der Waals surface area contributed by atoms with Crippen molar-refractivity contribution < 1.29 is 38.9 Å². The number of hydrogen-bond donors (Lipinski definition) is 7. The van der Waals surface area contributed by atoms with Crippen molar-refractivity contribution in [2.75, 3.05) is 22.6 Å². The van der Waals surface area contributed by atoms with Gasteiger partial charge >= 0.3 is 5.97 Å². The van der Waals surface area contributed by atoms with E-state index >= 15 is 0 Å². The number of nitrogens with one attached hydrogen (secondary N) is 4. The molecule has 7 aromatic rings. The highest BCUT2D eigenvalue weighted by atomic mass is 32.2. The standard InChI is InChI=1S/C47H40N8O8S/c1-26-2-13-34-37(18-26)63-38-20-32(56)12-15-35(38)41(34)33-14-11-31(19-36(33)46(60)61)53-40(58)24-64-17-16-39(57)49-21-28-7-9-30(10-8-28)44(59)50-22-27-3-5-29(6-4-27)23-62-45-42-43(52-25-51-42)54-47(48)55-45/h2-15,18-20,25,56H,1,16-17,21-24H2,(H,49,57)(H,50,59)(H,53,58)(H,60,61)(H3,48,51,52,54,55). The van der Waals surface area contributed by atoms with Crippen molar-refractivity contribution in [1.29, 1.82) is 0 Å². The van der Waals surface area contributed by atoms with Crippen LogP contribution in [-0.2, 0) is 29.3 Å². The highest BCUT2D eigenvalue weighted by Crippen LogP contribution is 2.39. The van der Waals surface area contributed by atoms with Crippen LogP contribution in [0.25, 0.3) is 23.3 Å². The number of nitrogens with zero attached hydrogens (tertiary/aromatic N) is 3. The Morgan fingerprint density at radius 3 is 2.33 bits per heavy atom. The quantitative estimate of drug-likeness (QED) is 0.0634. The molecule has 1 aliphatic rings. The Morgan fingerprint density at radius 1 is 0.812 bits per heavy atom. The number of hydrogen-bond acceptors (Lipinski definition) is 12. The molecule has 3 amide bonds. The molecule has 17 heteroatoms. The van der Waals surface area contributed by atoms with Gasteiger partial charge in [0.15, 0.2) is 5.65 Å². The van der Waals surface area contributed by atoms with Gasteiger partial charge in [-0.1, -0.05) is 61.2 Å². The Kier molecular flexibility index (Phi) is 12.5. The number of imidazole rings is 1. The van der Waals surface area contributed by atoms with Crippen LogP contribution in [0.2, 0.25) is 0 Å². The summed E-state index contributed by atoms with van der Waals surface area (Å²) in [6, 6.07) is 29.2. The zero-order valence-electron chi connectivity index (χ0n) is 34.0. The first-order valence-corrected chi connectivity index (χ1v) is 21.0. The number of carboxylic acid groups (broad SMARTS) is 1. The van der Waals surface area contributed by atoms with E-state index in [1.54, 1.807) is 54.6 Å². The maximum absolute atomic E-state index is 12.9. The third kappa shape index (κ3) is 9.95. The molecular formula is C47H40N8O8S. The molecule has 16 nitrogen and oxygen atoms in total. The summed E-state index contributed by atoms with van der Waals surface area (Å²) in [5.74, 6) is -0.336. The maximum Gasteiger partial charge on any atom is 0.336 e. The van der Waals surface area contributed by atoms with Crippen LogP contribution in [0, 0.1) is 0 Å². The van der Waals surface area contributed by atoms with Crippen molar-refractivity contribution in [3.8, 4) is 23.1 Å². The zero-order valence-corrected chi connectivity index (χ0v) is 34.8. The Morgan fingerprint density at radius 2 is 1.55 bits per heavy atom. The number of nitrogen functional groups attached to an aromatic ring is 1. The number of fused-ring (bicyclic) bond motifs is 3. The van der Waals surface area contributed by atoms with E-state index in [9.17, 15) is 29.4 Å². The molecule has 3 heterocycles. The second-order valence-electron chi connectivity index (χ2n) is 14.7. The number of ether oxygens (including phenoxy) is 2. The van der Waals surface area contributed by atoms with Crippen molar-refractivity contribution in [2.24, 2.45) is 0 Å². The van der Waals surface area contributed by atoms with E-state index in [0.717, 1.165) is 16.7 Å². The minimum absolute atomic E-state index is 0.00145. The number of anilines is 2. The van der Waals surface area contributed by atoms with Crippen LogP contribution in [0.15, 0.2) is 109 Å². The highest BCUT2D eigenvalue weighted by molar-refractivity contribution is 7.99. The molecule has 0 fully saturated rings. The number of aromatic amines is 1. The molecule has 0 aliphatic carbocycles. The summed E-state index contributed by atoms with van der Waals surface area (Å²) in [6.45, 7) is 4.79. The highest BCUT2D eigenvalue weighted by Gasteiger charge is 2.25. The monoisotopic (exact) mass is 876 g/mol. The van der Waals surface area contributed by atoms with Crippen LogP contribution in [0.4, 0.5) is 11.6 Å². The van der Waals surface area contributed by atoms with E-state index in [-0.39, 0.29) is 60.3 Å². The first-order chi connectivity index (χ1) is 31.0. The second kappa shape index (κ2) is 18.8. The molecule has 8 rings (SSSR count). The predicted molar refractivity (Wildman–Crippen MR) is 241 cm³/mol. The van der Waals surface area contributed by atoms with Gasteiger partial charge in [0.2, 0.25) is 23.6 Å². The van der Waals surface area contributed by atoms with Crippen LogP contribution >= 0.6 is 11.8 Å². The molecule has 1 aliphatic heterocycles. The van der Waals surface area contributed by atoms with E-state index in [4.69, 9.17) is 15.2 Å². The van der Waals surface area contributed by atoms with Crippen molar-refractivity contribution in [2.45, 2.75) is 26.1 Å². The molecule has 0 saturated carbocycles. The summed E-state index contributed by atoms with van der Waals surface area (Å²) in [5, 5.41) is 30.3. The number of H-pyrrole nitrogens is 1. The number of rotatable bonds is 16. The first kappa shape index (κ1) is 42.5. The number of aromatic nitrogens is 4. The molecule has 0 saturated heterocycles. The summed E-state index contributed by atoms with van der Waals surface area (Å²) in [7, 11) is 0. The molecular weight excluding hydrogens is 837 g/mol. The average molecular weight is 877 g/mol. The fourth-order valence-corrected chi connectivity index (χ4v) is 7.67. The molecule has 8 N–H and O–H groups in total. The lowest BCUT2D eigenvalue weighted by molar-refractivity contribution is -0.121. The number of phenolic OH excluding ortho intramolecular Hbond substituents is 1. The summed E-state index contributed by atoms with van der Waals surface area (Å²) in [6.07, 6.45) is 1.67. The molecule has 5 aromatic carbocycles. The van der Waals surface area contributed by atoms with Gasteiger partial charge in [-0.2, -0.15) is 21.7 Å². The third-order valence-corrected chi connectivity index (χ3v) is 11.1. The fourth-order valence-electron chi connectivity index (χ4n) is 6.94. The van der Waals surface area contributed by atoms with Crippen LogP contribution in [0.5, 0.6) is 23.1 Å². The van der Waals surface area contributed by atoms with Gasteiger partial charge in [-0.25, -0.2) is 9.78 Å². The number of carbonyl (C=O) groups is 4. The summed E-state index contributed by atoms with van der Waals surface area (Å²) < 4.78 is 11.9. The maximum atomic E-state index is 12.9. The minimum Gasteiger partial charge on any atom is -0.508 e. The summed E-state index contributed by atoms with van der Waals surface area (Å²) in [5.41, 5.74) is 11.7. The summed E-state index contributed by atoms with van der Waals surface area (Å²) in [4.78, 5) is 66.1. The van der Waals surface area contributed by atoms with E-state index in [2.05, 4.69) is 42.5 Å². The largest absolute Gasteiger partial charge is 0.508 e. The average Bonchev–Trinajstić information content (AvgIpc) is 3.76. The molecule has 64 heavy (non-hydrogen) atoms. The van der Waals surface area contributed by atoms with Crippen molar-refractivity contribution in [3.63, 3.8) is 0 Å². The zero-order chi connectivity index (χ0) is 44.7. The molecule has 0 atom stereocenters. The second-order valence-corrected chi connectivity index (χ2v) is 15.8. The topological polar surface area (TPSA) is 244 Å². The predicted octanol–water partition coefficient (Wildman–Crippen LogP) is 4.99. The Bertz CT molecular complexity index is 3050. The van der Waals surface area contributed by atoms with Gasteiger partial charge in [-0.15, -0.1) is 0 Å². The lowest BCUT2D eigenvalue weighted by Crippen LogP contribution is -2.24. The number of benzene rings is 5. The van der Waals surface area contributed by atoms with E-state index in [0.29, 0.717) is 79.2 Å². The Balaban J connectivity index is 0.763. The molecule has 0 unspecified atom stereocenters. The molecule has 2 aromatic heterocycles. The van der Waals surface area contributed by atoms with Gasteiger partial charge in [0.1, 0.15) is 29.4 Å². The first-order valence-electron chi connectivity index (χ1n) is 19.9. The third-order valence-electron chi connectivity index (χ3n) is 10.1. The molecule has 0 bridgehead atoms. The number of aromatic hydroxyl groups is 1. The number of carbonyl (C=O) groups excluding carboxylic acids is 3. The van der Waals surface area contributed by atoms with E-state index in [1.807, 2.05) is 30.3 Å². The number of aromatic carboxylic acids is 1. The summed E-state index contributed by atoms with van der Waals surface area (Å²) >= 11 is 1.27. The van der Waals surface area contributed by atoms with Crippen LogP contribution in [0.1, 0.15) is 55.0 Å². The van der Waals surface area contributed by atoms with Crippen molar-refractivity contribution in [1.82, 2.24) is 30.6 Å². The van der Waals surface area contributed by atoms with E-state index < -0.39 is 5.97 Å². The normalized spacial score (nSPS) is 11.5. The van der Waals surface area contributed by atoms with Gasteiger partial charge in [-0.3, -0.25) is 14.4 Å². The van der Waals surface area contributed by atoms with Gasteiger partial charge < -0.3 is 46.4 Å². The van der Waals surface area contributed by atoms with Crippen LogP contribution in [0.3, 0.4) is 0 Å². The smallest absolute Gasteiger partial charge is 0.336 e. The van der Waals surface area contributed by atoms with Crippen molar-refractivity contribution in [3.05, 3.63) is 159 Å². The van der Waals surface area contributed by atoms with Gasteiger partial charge in [0, 0.05) is 58.9 Å². The van der Waals surface area contributed by atoms with Gasteiger partial charge in [0.05, 0.1) is 17.6 Å². The van der Waals surface area contributed by atoms with Gasteiger partial charge in [0.25, 0.3) is 5.91 Å².